The van der Waals surface area contributed by atoms with Crippen molar-refractivity contribution in [2.24, 2.45) is 0 Å². The summed E-state index contributed by atoms with van der Waals surface area (Å²) in [6, 6.07) is 0.566. The number of hydrogen-bond donors (Lipinski definition) is 1. The SMILES string of the molecule is O=S1SNC2CCCC21. The third-order valence-corrected chi connectivity index (χ3v) is 5.13. The molecule has 0 bridgehead atoms. The predicted octanol–water partition coefficient (Wildman–Crippen LogP) is 0.823. The fourth-order valence-electron chi connectivity index (χ4n) is 1.46. The van der Waals surface area contributed by atoms with Crippen LogP contribution in [-0.2, 0) is 9.83 Å². The van der Waals surface area contributed by atoms with Crippen LogP contribution in [-0.4, -0.2) is 15.5 Å². The number of fused-ring (bicyclic) bond motifs is 1. The Balaban J connectivity index is 2.15. The summed E-state index contributed by atoms with van der Waals surface area (Å²) in [6.07, 6.45) is 3.65. The first-order chi connectivity index (χ1) is 4.38. The lowest BCUT2D eigenvalue weighted by Crippen LogP contribution is -2.23. The highest BCUT2D eigenvalue weighted by molar-refractivity contribution is 8.69. The molecule has 1 heterocycles. The molecule has 52 valence electrons. The maximum absolute atomic E-state index is 11.1. The molecule has 0 aromatic carbocycles. The zero-order valence-electron chi connectivity index (χ0n) is 5.00. The Hall–Kier alpha value is 0.460. The van der Waals surface area contributed by atoms with Crippen LogP contribution in [0.15, 0.2) is 0 Å². The van der Waals surface area contributed by atoms with Gasteiger partial charge in [0.2, 0.25) is 0 Å². The van der Waals surface area contributed by atoms with E-state index in [1.54, 1.807) is 0 Å². The van der Waals surface area contributed by atoms with Crippen molar-refractivity contribution in [2.45, 2.75) is 30.6 Å². The van der Waals surface area contributed by atoms with Crippen molar-refractivity contribution >= 4 is 20.8 Å². The second-order valence-corrected chi connectivity index (χ2v) is 5.55. The summed E-state index contributed by atoms with van der Waals surface area (Å²) in [7, 11) is 0.789. The first-order valence-corrected chi connectivity index (χ1v) is 5.76. The van der Waals surface area contributed by atoms with Crippen molar-refractivity contribution in [3.8, 4) is 0 Å². The second kappa shape index (κ2) is 2.25. The van der Waals surface area contributed by atoms with Gasteiger partial charge in [0.1, 0.15) is 9.83 Å². The molecule has 1 saturated carbocycles. The maximum atomic E-state index is 11.1. The van der Waals surface area contributed by atoms with E-state index in [1.165, 1.54) is 23.8 Å². The Morgan fingerprint density at radius 3 is 3.22 bits per heavy atom. The van der Waals surface area contributed by atoms with Crippen molar-refractivity contribution < 1.29 is 4.21 Å². The lowest BCUT2D eigenvalue weighted by molar-refractivity contribution is 0.651. The van der Waals surface area contributed by atoms with Crippen molar-refractivity contribution in [2.75, 3.05) is 0 Å². The minimum absolute atomic E-state index is 0.468. The van der Waals surface area contributed by atoms with Crippen LogP contribution in [0, 0.1) is 0 Å². The Morgan fingerprint density at radius 1 is 1.56 bits per heavy atom. The molecule has 3 atom stereocenters. The van der Waals surface area contributed by atoms with E-state index in [9.17, 15) is 4.21 Å². The third kappa shape index (κ3) is 0.932. The Kier molecular flexibility index (Phi) is 1.55. The molecule has 2 fully saturated rings. The van der Waals surface area contributed by atoms with Gasteiger partial charge in [-0.2, -0.15) is 0 Å². The fourth-order valence-corrected chi connectivity index (χ4v) is 4.72. The van der Waals surface area contributed by atoms with Crippen molar-refractivity contribution in [1.29, 1.82) is 0 Å². The monoisotopic (exact) mass is 163 g/mol. The molecule has 4 heteroatoms. The normalized spacial score (nSPS) is 49.6. The summed E-state index contributed by atoms with van der Waals surface area (Å²) >= 11 is 0. The van der Waals surface area contributed by atoms with Gasteiger partial charge in [0.05, 0.1) is 5.25 Å². The van der Waals surface area contributed by atoms with E-state index >= 15 is 0 Å². The van der Waals surface area contributed by atoms with Gasteiger partial charge in [0.15, 0.2) is 0 Å². The summed E-state index contributed by atoms with van der Waals surface area (Å²) in [5, 5.41) is 0.468. The lowest BCUT2D eigenvalue weighted by Gasteiger charge is -2.01. The largest absolute Gasteiger partial charge is 0.248 e. The van der Waals surface area contributed by atoms with Crippen LogP contribution in [0.2, 0.25) is 0 Å². The van der Waals surface area contributed by atoms with Crippen LogP contribution >= 0.6 is 11.0 Å². The van der Waals surface area contributed by atoms with Gasteiger partial charge >= 0.3 is 0 Å². The molecule has 2 rings (SSSR count). The van der Waals surface area contributed by atoms with Gasteiger partial charge in [-0.05, 0) is 12.8 Å². The highest BCUT2D eigenvalue weighted by Crippen LogP contribution is 2.34. The topological polar surface area (TPSA) is 29.1 Å². The second-order valence-electron chi connectivity index (χ2n) is 2.54. The number of nitrogens with one attached hydrogen (secondary N) is 1. The molecule has 1 N–H and O–H groups in total. The van der Waals surface area contributed by atoms with Gasteiger partial charge in [-0.1, -0.05) is 6.42 Å². The molecule has 0 spiro atoms. The van der Waals surface area contributed by atoms with Gasteiger partial charge in [-0.3, -0.25) is 0 Å². The molecular formula is C5H9NOS2. The third-order valence-electron chi connectivity index (χ3n) is 1.98. The van der Waals surface area contributed by atoms with E-state index in [1.807, 2.05) is 0 Å². The first-order valence-electron chi connectivity index (χ1n) is 3.21. The highest BCUT2D eigenvalue weighted by atomic mass is 33.1. The summed E-state index contributed by atoms with van der Waals surface area (Å²) in [5.74, 6) is 0. The molecule has 0 aromatic rings. The smallest absolute Gasteiger partial charge is 0.100 e. The average Bonchev–Trinajstić information content (AvgIpc) is 2.35. The average molecular weight is 163 g/mol. The van der Waals surface area contributed by atoms with Gasteiger partial charge in [0.25, 0.3) is 0 Å². The number of hydrogen-bond acceptors (Lipinski definition) is 3. The van der Waals surface area contributed by atoms with E-state index in [0.717, 1.165) is 6.42 Å². The molecule has 1 aliphatic heterocycles. The van der Waals surface area contributed by atoms with E-state index in [-0.39, 0.29) is 0 Å². The van der Waals surface area contributed by atoms with E-state index in [0.29, 0.717) is 11.3 Å². The van der Waals surface area contributed by atoms with Crippen molar-refractivity contribution in [3.63, 3.8) is 0 Å². The van der Waals surface area contributed by atoms with Gasteiger partial charge in [-0.25, -0.2) is 8.93 Å². The Labute approximate surface area is 60.8 Å². The molecule has 0 radical (unpaired) electrons. The quantitative estimate of drug-likeness (QED) is 0.423. The zero-order chi connectivity index (χ0) is 6.27. The standard InChI is InChI=1S/C5H9NOS2/c7-9-5-3-1-2-4(5)6-8-9/h4-6H,1-3H2. The number of rotatable bonds is 0. The Morgan fingerprint density at radius 2 is 2.44 bits per heavy atom. The summed E-state index contributed by atoms with van der Waals surface area (Å²) in [4.78, 5) is 0. The highest BCUT2D eigenvalue weighted by Gasteiger charge is 2.37. The lowest BCUT2D eigenvalue weighted by atomic mass is 10.3. The van der Waals surface area contributed by atoms with Gasteiger partial charge < -0.3 is 0 Å². The predicted molar refractivity (Wildman–Crippen MR) is 40.3 cm³/mol. The fraction of sp³-hybridized carbons (Fsp3) is 1.00. The van der Waals surface area contributed by atoms with E-state index in [2.05, 4.69) is 4.72 Å². The van der Waals surface area contributed by atoms with Crippen LogP contribution < -0.4 is 4.72 Å². The van der Waals surface area contributed by atoms with Gasteiger partial charge in [-0.15, -0.1) is 0 Å². The minimum Gasteiger partial charge on any atom is -0.248 e. The molecule has 1 aliphatic carbocycles. The van der Waals surface area contributed by atoms with Crippen LogP contribution in [0.25, 0.3) is 0 Å². The van der Waals surface area contributed by atoms with Crippen LogP contribution in [0.3, 0.4) is 0 Å². The van der Waals surface area contributed by atoms with E-state index < -0.39 is 9.83 Å². The molecule has 2 nitrogen and oxygen atoms in total. The van der Waals surface area contributed by atoms with E-state index in [4.69, 9.17) is 0 Å². The van der Waals surface area contributed by atoms with Crippen molar-refractivity contribution in [1.82, 2.24) is 4.72 Å². The Bertz CT molecular complexity index is 150. The summed E-state index contributed by atoms with van der Waals surface area (Å²) in [5.41, 5.74) is 0. The van der Waals surface area contributed by atoms with Crippen molar-refractivity contribution in [3.05, 3.63) is 0 Å². The van der Waals surface area contributed by atoms with Gasteiger partial charge in [0, 0.05) is 17.0 Å². The van der Waals surface area contributed by atoms with Crippen LogP contribution in [0.1, 0.15) is 19.3 Å². The molecule has 1 saturated heterocycles. The minimum atomic E-state index is -0.623. The summed E-state index contributed by atoms with van der Waals surface area (Å²) < 4.78 is 14.3. The van der Waals surface area contributed by atoms with Crippen LogP contribution in [0.4, 0.5) is 0 Å². The molecule has 0 amide bonds. The zero-order valence-corrected chi connectivity index (χ0v) is 6.63. The molecule has 0 aromatic heterocycles. The molecule has 3 unspecified atom stereocenters. The van der Waals surface area contributed by atoms with Crippen LogP contribution in [0.5, 0.6) is 0 Å². The summed E-state index contributed by atoms with van der Waals surface area (Å²) in [6.45, 7) is 0. The first kappa shape index (κ1) is 6.19. The molecule has 9 heavy (non-hydrogen) atoms. The molecule has 2 aliphatic rings. The molecular weight excluding hydrogens is 154 g/mol. The maximum Gasteiger partial charge on any atom is 0.100 e.